The fraction of sp³-hybridized carbons (Fsp3) is 0.357. The fourth-order valence-electron chi connectivity index (χ4n) is 3.11. The Hall–Kier alpha value is -1.68. The highest BCUT2D eigenvalue weighted by Gasteiger charge is 2.54. The molecule has 0 bridgehead atoms. The number of nitrogens with zero attached hydrogens (tertiary/aromatic N) is 2. The molecule has 18 heavy (non-hydrogen) atoms. The van der Waals surface area contributed by atoms with Crippen LogP contribution in [0.5, 0.6) is 0 Å². The second-order valence-corrected chi connectivity index (χ2v) is 5.17. The number of rotatable bonds is 2. The predicted octanol–water partition coefficient (Wildman–Crippen LogP) is 1.94. The average molecular weight is 243 g/mol. The van der Waals surface area contributed by atoms with E-state index in [0.717, 1.165) is 30.6 Å². The Morgan fingerprint density at radius 2 is 1.83 bits per heavy atom. The van der Waals surface area contributed by atoms with Gasteiger partial charge in [0.15, 0.2) is 0 Å². The highest BCUT2D eigenvalue weighted by atomic mass is 19.1. The molecule has 0 spiro atoms. The van der Waals surface area contributed by atoms with Crippen molar-refractivity contribution in [1.29, 1.82) is 0 Å². The Morgan fingerprint density at radius 3 is 2.56 bits per heavy atom. The van der Waals surface area contributed by atoms with E-state index in [2.05, 4.69) is 16.5 Å². The van der Waals surface area contributed by atoms with Crippen LogP contribution in [0.4, 0.5) is 4.39 Å². The topological polar surface area (TPSA) is 29.9 Å². The van der Waals surface area contributed by atoms with Crippen LogP contribution >= 0.6 is 0 Å². The zero-order valence-electron chi connectivity index (χ0n) is 9.88. The first-order valence-corrected chi connectivity index (χ1v) is 6.35. The van der Waals surface area contributed by atoms with Gasteiger partial charge in [0.05, 0.1) is 11.4 Å². The number of piperidine rings is 1. The number of benzene rings is 1. The van der Waals surface area contributed by atoms with Gasteiger partial charge in [-0.15, -0.1) is 0 Å². The smallest absolute Gasteiger partial charge is 0.123 e. The molecule has 2 heterocycles. The Morgan fingerprint density at radius 1 is 1.11 bits per heavy atom. The monoisotopic (exact) mass is 243 g/mol. The number of hydrogen-bond donors (Lipinski definition) is 1. The summed E-state index contributed by atoms with van der Waals surface area (Å²) in [6.07, 6.45) is 1.96. The van der Waals surface area contributed by atoms with Gasteiger partial charge in [0.25, 0.3) is 0 Å². The summed E-state index contributed by atoms with van der Waals surface area (Å²) in [6.45, 7) is 2.25. The molecule has 2 unspecified atom stereocenters. The van der Waals surface area contributed by atoms with E-state index >= 15 is 0 Å². The maximum Gasteiger partial charge on any atom is 0.123 e. The molecule has 0 radical (unpaired) electrons. The molecule has 3 nitrogen and oxygen atoms in total. The summed E-state index contributed by atoms with van der Waals surface area (Å²) in [5.74, 6) is 1.98. The lowest BCUT2D eigenvalue weighted by atomic mass is 10.2. The van der Waals surface area contributed by atoms with Crippen molar-refractivity contribution in [1.82, 2.24) is 15.1 Å². The molecule has 1 aromatic heterocycles. The van der Waals surface area contributed by atoms with Crippen molar-refractivity contribution in [3.05, 3.63) is 48.0 Å². The van der Waals surface area contributed by atoms with Gasteiger partial charge < -0.3 is 5.32 Å². The third kappa shape index (κ3) is 1.49. The molecule has 2 fully saturated rings. The molecule has 2 aliphatic rings. The van der Waals surface area contributed by atoms with Gasteiger partial charge in [0.1, 0.15) is 5.82 Å². The van der Waals surface area contributed by atoms with Crippen LogP contribution in [0.2, 0.25) is 0 Å². The van der Waals surface area contributed by atoms with E-state index in [1.54, 1.807) is 12.1 Å². The van der Waals surface area contributed by atoms with Crippen LogP contribution in [0.3, 0.4) is 0 Å². The van der Waals surface area contributed by atoms with Crippen molar-refractivity contribution in [3.8, 4) is 5.69 Å². The highest BCUT2D eigenvalue weighted by molar-refractivity contribution is 5.32. The van der Waals surface area contributed by atoms with Gasteiger partial charge >= 0.3 is 0 Å². The van der Waals surface area contributed by atoms with E-state index in [9.17, 15) is 4.39 Å². The normalized spacial score (nSPS) is 29.3. The van der Waals surface area contributed by atoms with Crippen LogP contribution in [-0.2, 0) is 0 Å². The third-order valence-electron chi connectivity index (χ3n) is 4.13. The van der Waals surface area contributed by atoms with E-state index in [4.69, 9.17) is 0 Å². The van der Waals surface area contributed by atoms with Crippen molar-refractivity contribution in [2.24, 2.45) is 11.8 Å². The van der Waals surface area contributed by atoms with Crippen molar-refractivity contribution in [3.63, 3.8) is 0 Å². The van der Waals surface area contributed by atoms with Gasteiger partial charge in [0, 0.05) is 12.1 Å². The Balaban J connectivity index is 1.60. The van der Waals surface area contributed by atoms with Crippen molar-refractivity contribution >= 4 is 0 Å². The van der Waals surface area contributed by atoms with E-state index in [1.807, 2.05) is 10.9 Å². The molecule has 1 saturated heterocycles. The van der Waals surface area contributed by atoms with Gasteiger partial charge in [-0.1, -0.05) is 0 Å². The summed E-state index contributed by atoms with van der Waals surface area (Å²) in [7, 11) is 0. The minimum Gasteiger partial charge on any atom is -0.316 e. The minimum atomic E-state index is -0.214. The lowest BCUT2D eigenvalue weighted by Gasteiger charge is -2.02. The third-order valence-corrected chi connectivity index (χ3v) is 4.13. The molecule has 92 valence electrons. The predicted molar refractivity (Wildman–Crippen MR) is 66.1 cm³/mol. The van der Waals surface area contributed by atoms with Crippen LogP contribution in [0.25, 0.3) is 5.69 Å². The van der Waals surface area contributed by atoms with Crippen LogP contribution in [-0.4, -0.2) is 22.9 Å². The van der Waals surface area contributed by atoms with Crippen LogP contribution in [0.15, 0.2) is 36.5 Å². The summed E-state index contributed by atoms with van der Waals surface area (Å²) in [4.78, 5) is 0. The molecule has 4 rings (SSSR count). The molecule has 0 amide bonds. The van der Waals surface area contributed by atoms with Crippen molar-refractivity contribution in [2.75, 3.05) is 13.1 Å². The lowest BCUT2D eigenvalue weighted by molar-refractivity contribution is 0.626. The highest BCUT2D eigenvalue weighted by Crippen LogP contribution is 2.55. The van der Waals surface area contributed by atoms with E-state index in [0.29, 0.717) is 5.92 Å². The SMILES string of the molecule is Fc1ccc(-n2ccc(C3C4CNCC43)n2)cc1. The minimum absolute atomic E-state index is 0.214. The van der Waals surface area contributed by atoms with E-state index in [1.165, 1.54) is 17.8 Å². The first-order chi connectivity index (χ1) is 8.83. The second kappa shape index (κ2) is 3.65. The molecule has 1 aliphatic carbocycles. The maximum absolute atomic E-state index is 12.9. The summed E-state index contributed by atoms with van der Waals surface area (Å²) in [5, 5.41) is 8.01. The van der Waals surface area contributed by atoms with E-state index in [-0.39, 0.29) is 5.82 Å². The van der Waals surface area contributed by atoms with Gasteiger partial charge in [0.2, 0.25) is 0 Å². The molecular weight excluding hydrogens is 229 g/mol. The summed E-state index contributed by atoms with van der Waals surface area (Å²) in [6, 6.07) is 8.52. The summed E-state index contributed by atoms with van der Waals surface area (Å²) < 4.78 is 14.7. The second-order valence-electron chi connectivity index (χ2n) is 5.17. The Bertz CT molecular complexity index is 565. The molecule has 1 aromatic carbocycles. The number of nitrogens with one attached hydrogen (secondary N) is 1. The maximum atomic E-state index is 12.9. The van der Waals surface area contributed by atoms with Crippen LogP contribution < -0.4 is 5.32 Å². The number of fused-ring (bicyclic) bond motifs is 1. The number of halogens is 1. The first-order valence-electron chi connectivity index (χ1n) is 6.35. The van der Waals surface area contributed by atoms with Crippen molar-refractivity contribution < 1.29 is 4.39 Å². The fourth-order valence-corrected chi connectivity index (χ4v) is 3.11. The summed E-state index contributed by atoms with van der Waals surface area (Å²) >= 11 is 0. The summed E-state index contributed by atoms with van der Waals surface area (Å²) in [5.41, 5.74) is 2.09. The van der Waals surface area contributed by atoms with Crippen molar-refractivity contribution in [2.45, 2.75) is 5.92 Å². The van der Waals surface area contributed by atoms with Gasteiger partial charge in [-0.2, -0.15) is 5.10 Å². The molecule has 1 saturated carbocycles. The molecule has 1 N–H and O–H groups in total. The number of hydrogen-bond acceptors (Lipinski definition) is 2. The van der Waals surface area contributed by atoms with Gasteiger partial charge in [-0.05, 0) is 55.3 Å². The largest absolute Gasteiger partial charge is 0.316 e. The molecule has 2 aromatic rings. The van der Waals surface area contributed by atoms with E-state index < -0.39 is 0 Å². The Kier molecular flexibility index (Phi) is 2.08. The average Bonchev–Trinajstić information content (AvgIpc) is 2.83. The first kappa shape index (κ1) is 10.3. The zero-order valence-corrected chi connectivity index (χ0v) is 9.88. The standard InChI is InChI=1S/C14H14FN3/c15-9-1-3-10(4-2-9)18-6-5-13(17-18)14-11-7-16-8-12(11)14/h1-6,11-12,14,16H,7-8H2. The molecular formula is C14H14FN3. The van der Waals surface area contributed by atoms with Gasteiger partial charge in [-0.25, -0.2) is 9.07 Å². The van der Waals surface area contributed by atoms with Gasteiger partial charge in [-0.3, -0.25) is 0 Å². The number of aromatic nitrogens is 2. The van der Waals surface area contributed by atoms with Crippen LogP contribution in [0.1, 0.15) is 11.6 Å². The molecule has 2 atom stereocenters. The molecule has 1 aliphatic heterocycles. The zero-order chi connectivity index (χ0) is 12.1. The quantitative estimate of drug-likeness (QED) is 0.873. The molecule has 4 heteroatoms. The Labute approximate surface area is 105 Å². The lowest BCUT2D eigenvalue weighted by Crippen LogP contribution is -2.14. The van der Waals surface area contributed by atoms with Crippen LogP contribution in [0, 0.1) is 17.7 Å².